The second kappa shape index (κ2) is 13.5. The van der Waals surface area contributed by atoms with Crippen LogP contribution in [0.25, 0.3) is 0 Å². The first-order valence-electron chi connectivity index (χ1n) is 12.7. The zero-order valence-electron chi connectivity index (χ0n) is 22.6. The van der Waals surface area contributed by atoms with Gasteiger partial charge in [-0.1, -0.05) is 48.4 Å². The van der Waals surface area contributed by atoms with Crippen LogP contribution in [0.2, 0.25) is 5.02 Å². The molecule has 3 rings (SSSR count). The van der Waals surface area contributed by atoms with Crippen molar-refractivity contribution in [3.63, 3.8) is 0 Å². The summed E-state index contributed by atoms with van der Waals surface area (Å²) in [6.07, 6.45) is 0.340. The van der Waals surface area contributed by atoms with Crippen molar-refractivity contribution in [3.05, 3.63) is 88.9 Å². The van der Waals surface area contributed by atoms with Crippen molar-refractivity contribution in [2.45, 2.75) is 44.7 Å². The smallest absolute Gasteiger partial charge is 0.264 e. The quantitative estimate of drug-likeness (QED) is 0.337. The summed E-state index contributed by atoms with van der Waals surface area (Å²) < 4.78 is 34.3. The number of likely N-dealkylation sites (N-methyl/N-ethyl adjacent to an activating group) is 1. The largest absolute Gasteiger partial charge is 0.494 e. The first kappa shape index (κ1) is 30.0. The standard InChI is InChI=1S/C29H34ClN3O5S/c1-5-27(29(35)31-4)32(19-22-9-11-23(30)12-10-22)28(34)20-33(24-13-15-25(16-14-24)38-6-2)39(36,37)26-17-7-21(3)8-18-26/h7-18,27H,5-6,19-20H2,1-4H3,(H,31,35). The maximum absolute atomic E-state index is 13.9. The number of carbonyl (C=O) groups is 2. The predicted molar refractivity (Wildman–Crippen MR) is 153 cm³/mol. The van der Waals surface area contributed by atoms with Crippen LogP contribution in [0.3, 0.4) is 0 Å². The molecule has 0 saturated heterocycles. The van der Waals surface area contributed by atoms with Crippen LogP contribution < -0.4 is 14.4 Å². The van der Waals surface area contributed by atoms with E-state index in [-0.39, 0.29) is 17.3 Å². The van der Waals surface area contributed by atoms with Gasteiger partial charge in [-0.25, -0.2) is 8.42 Å². The van der Waals surface area contributed by atoms with E-state index in [2.05, 4.69) is 5.32 Å². The Kier molecular flexibility index (Phi) is 10.4. The Balaban J connectivity index is 2.05. The van der Waals surface area contributed by atoms with Crippen molar-refractivity contribution in [1.82, 2.24) is 10.2 Å². The van der Waals surface area contributed by atoms with E-state index in [9.17, 15) is 18.0 Å². The summed E-state index contributed by atoms with van der Waals surface area (Å²) in [4.78, 5) is 28.1. The van der Waals surface area contributed by atoms with Crippen LogP contribution in [0, 0.1) is 6.92 Å². The molecule has 39 heavy (non-hydrogen) atoms. The third kappa shape index (κ3) is 7.52. The second-order valence-corrected chi connectivity index (χ2v) is 11.2. The maximum Gasteiger partial charge on any atom is 0.264 e. The minimum Gasteiger partial charge on any atom is -0.494 e. The summed E-state index contributed by atoms with van der Waals surface area (Å²) in [7, 11) is -2.63. The van der Waals surface area contributed by atoms with Crippen molar-refractivity contribution in [1.29, 1.82) is 0 Å². The number of hydrogen-bond acceptors (Lipinski definition) is 5. The number of nitrogens with zero attached hydrogens (tertiary/aromatic N) is 2. The number of rotatable bonds is 12. The van der Waals surface area contributed by atoms with Gasteiger partial charge in [-0.3, -0.25) is 13.9 Å². The number of amides is 2. The highest BCUT2D eigenvalue weighted by molar-refractivity contribution is 7.92. The Morgan fingerprint density at radius 2 is 1.56 bits per heavy atom. The van der Waals surface area contributed by atoms with Crippen LogP contribution >= 0.6 is 11.6 Å². The average molecular weight is 572 g/mol. The zero-order chi connectivity index (χ0) is 28.6. The van der Waals surface area contributed by atoms with Gasteiger partial charge in [-0.2, -0.15) is 0 Å². The molecule has 0 aliphatic heterocycles. The fraction of sp³-hybridized carbons (Fsp3) is 0.310. The number of benzene rings is 3. The van der Waals surface area contributed by atoms with Crippen LogP contribution in [-0.4, -0.2) is 51.4 Å². The SMILES string of the molecule is CCOc1ccc(N(CC(=O)N(Cc2ccc(Cl)cc2)C(CC)C(=O)NC)S(=O)(=O)c2ccc(C)cc2)cc1. The van der Waals surface area contributed by atoms with Crippen LogP contribution in [0.1, 0.15) is 31.4 Å². The van der Waals surface area contributed by atoms with E-state index in [1.807, 2.05) is 13.8 Å². The predicted octanol–water partition coefficient (Wildman–Crippen LogP) is 4.80. The molecule has 1 unspecified atom stereocenters. The molecule has 0 heterocycles. The van der Waals surface area contributed by atoms with Crippen molar-refractivity contribution in [2.24, 2.45) is 0 Å². The third-order valence-electron chi connectivity index (χ3n) is 6.22. The lowest BCUT2D eigenvalue weighted by atomic mass is 10.1. The Morgan fingerprint density at radius 1 is 0.949 bits per heavy atom. The lowest BCUT2D eigenvalue weighted by Crippen LogP contribution is -2.51. The lowest BCUT2D eigenvalue weighted by Gasteiger charge is -2.33. The maximum atomic E-state index is 13.9. The van der Waals surface area contributed by atoms with Crippen LogP contribution in [0.15, 0.2) is 77.7 Å². The van der Waals surface area contributed by atoms with Gasteiger partial charge in [0.25, 0.3) is 10.0 Å². The summed E-state index contributed by atoms with van der Waals surface area (Å²) >= 11 is 6.03. The molecule has 3 aromatic carbocycles. The molecular formula is C29H34ClN3O5S. The fourth-order valence-electron chi connectivity index (χ4n) is 4.11. The van der Waals surface area contributed by atoms with Gasteiger partial charge < -0.3 is 15.0 Å². The average Bonchev–Trinajstić information content (AvgIpc) is 2.93. The first-order chi connectivity index (χ1) is 18.6. The summed E-state index contributed by atoms with van der Waals surface area (Å²) in [5.41, 5.74) is 1.96. The molecular weight excluding hydrogens is 538 g/mol. The first-order valence-corrected chi connectivity index (χ1v) is 14.5. The van der Waals surface area contributed by atoms with E-state index in [1.54, 1.807) is 67.6 Å². The number of aryl methyl sites for hydroxylation is 1. The lowest BCUT2D eigenvalue weighted by molar-refractivity contribution is -0.140. The number of anilines is 1. The van der Waals surface area contributed by atoms with Gasteiger partial charge in [0, 0.05) is 18.6 Å². The third-order valence-corrected chi connectivity index (χ3v) is 8.26. The van der Waals surface area contributed by atoms with Gasteiger partial charge in [0.2, 0.25) is 11.8 Å². The van der Waals surface area contributed by atoms with E-state index >= 15 is 0 Å². The number of sulfonamides is 1. The Labute approximate surface area is 235 Å². The molecule has 208 valence electrons. The molecule has 0 fully saturated rings. The fourth-order valence-corrected chi connectivity index (χ4v) is 5.65. The van der Waals surface area contributed by atoms with Gasteiger partial charge in [0.05, 0.1) is 17.2 Å². The molecule has 3 aromatic rings. The molecule has 0 aliphatic rings. The highest BCUT2D eigenvalue weighted by Crippen LogP contribution is 2.27. The van der Waals surface area contributed by atoms with E-state index in [0.717, 1.165) is 15.4 Å². The molecule has 10 heteroatoms. The van der Waals surface area contributed by atoms with Crippen LogP contribution in [-0.2, 0) is 26.2 Å². The van der Waals surface area contributed by atoms with Gasteiger partial charge in [0.1, 0.15) is 18.3 Å². The normalized spacial score (nSPS) is 11.9. The Morgan fingerprint density at radius 3 is 2.10 bits per heavy atom. The number of hydrogen-bond donors (Lipinski definition) is 1. The molecule has 0 radical (unpaired) electrons. The topological polar surface area (TPSA) is 96.0 Å². The van der Waals surface area contributed by atoms with E-state index < -0.39 is 28.5 Å². The van der Waals surface area contributed by atoms with Crippen LogP contribution in [0.4, 0.5) is 5.69 Å². The molecule has 0 aliphatic carbocycles. The summed E-state index contributed by atoms with van der Waals surface area (Å²) in [6.45, 7) is 5.57. The molecule has 1 atom stereocenters. The molecule has 0 saturated carbocycles. The minimum absolute atomic E-state index is 0.0531. The summed E-state index contributed by atoms with van der Waals surface area (Å²) in [5.74, 6) is -0.283. The van der Waals surface area contributed by atoms with E-state index in [4.69, 9.17) is 16.3 Å². The molecule has 0 aromatic heterocycles. The molecule has 0 bridgehead atoms. The van der Waals surface area contributed by atoms with Crippen LogP contribution in [0.5, 0.6) is 5.75 Å². The zero-order valence-corrected chi connectivity index (χ0v) is 24.1. The number of halogens is 1. The Hall–Kier alpha value is -3.56. The van der Waals surface area contributed by atoms with Gasteiger partial charge >= 0.3 is 0 Å². The van der Waals surface area contributed by atoms with Crippen molar-refractivity contribution < 1.29 is 22.7 Å². The monoisotopic (exact) mass is 571 g/mol. The van der Waals surface area contributed by atoms with Crippen molar-refractivity contribution >= 4 is 39.1 Å². The van der Waals surface area contributed by atoms with Gasteiger partial charge in [-0.15, -0.1) is 0 Å². The highest BCUT2D eigenvalue weighted by atomic mass is 35.5. The highest BCUT2D eigenvalue weighted by Gasteiger charge is 2.33. The number of ether oxygens (including phenoxy) is 1. The molecule has 1 N–H and O–H groups in total. The van der Waals surface area contributed by atoms with E-state index in [0.29, 0.717) is 29.5 Å². The molecule has 2 amide bonds. The van der Waals surface area contributed by atoms with Crippen molar-refractivity contribution in [2.75, 3.05) is 24.5 Å². The van der Waals surface area contributed by atoms with Crippen molar-refractivity contribution in [3.8, 4) is 5.75 Å². The second-order valence-electron chi connectivity index (χ2n) is 8.94. The summed E-state index contributed by atoms with van der Waals surface area (Å²) in [5, 5.41) is 3.15. The number of carbonyl (C=O) groups excluding carboxylic acids is 2. The molecule has 0 spiro atoms. The van der Waals surface area contributed by atoms with Gasteiger partial charge in [0.15, 0.2) is 0 Å². The van der Waals surface area contributed by atoms with E-state index in [1.165, 1.54) is 24.1 Å². The summed E-state index contributed by atoms with van der Waals surface area (Å²) in [6, 6.07) is 19.1. The Bertz CT molecular complexity index is 1360. The van der Waals surface area contributed by atoms with Gasteiger partial charge in [-0.05, 0) is 74.4 Å². The minimum atomic E-state index is -4.13. The number of nitrogens with one attached hydrogen (secondary N) is 1. The molecule has 8 nitrogen and oxygen atoms in total.